The summed E-state index contributed by atoms with van der Waals surface area (Å²) in [6.07, 6.45) is 8.60. The van der Waals surface area contributed by atoms with E-state index in [1.807, 2.05) is 60.7 Å². The van der Waals surface area contributed by atoms with Crippen molar-refractivity contribution in [3.05, 3.63) is 83.5 Å². The van der Waals surface area contributed by atoms with E-state index in [4.69, 9.17) is 4.84 Å². The molecule has 0 aromatic heterocycles. The van der Waals surface area contributed by atoms with Crippen LogP contribution in [0.15, 0.2) is 77.5 Å². The lowest BCUT2D eigenvalue weighted by Crippen LogP contribution is -2.54. The van der Waals surface area contributed by atoms with Crippen molar-refractivity contribution in [2.75, 3.05) is 6.54 Å². The fourth-order valence-corrected chi connectivity index (χ4v) is 7.80. The van der Waals surface area contributed by atoms with E-state index in [2.05, 4.69) is 20.5 Å². The Kier molecular flexibility index (Phi) is 7.15. The van der Waals surface area contributed by atoms with Crippen LogP contribution in [0.1, 0.15) is 56.1 Å². The first-order valence-corrected chi connectivity index (χ1v) is 16.8. The van der Waals surface area contributed by atoms with Gasteiger partial charge >= 0.3 is 0 Å². The van der Waals surface area contributed by atoms with Crippen LogP contribution in [-0.4, -0.2) is 55.3 Å². The number of hydrogen-bond donors (Lipinski definition) is 3. The number of nitrogens with zero attached hydrogens (tertiary/aromatic N) is 1. The van der Waals surface area contributed by atoms with Crippen LogP contribution in [0, 0.1) is 11.8 Å². The smallest absolute Gasteiger partial charge is 0.259 e. The third kappa shape index (κ3) is 5.23. The van der Waals surface area contributed by atoms with Crippen LogP contribution in [0.2, 0.25) is 0 Å². The summed E-state index contributed by atoms with van der Waals surface area (Å²) in [5.41, 5.74) is 3.54. The third-order valence-electron chi connectivity index (χ3n) is 9.14. The summed E-state index contributed by atoms with van der Waals surface area (Å²) in [5.74, 6) is -2.86. The lowest BCUT2D eigenvalue weighted by molar-refractivity contribution is -0.132. The molecule has 1 heterocycles. The van der Waals surface area contributed by atoms with Gasteiger partial charge in [0.2, 0.25) is 21.8 Å². The van der Waals surface area contributed by atoms with Crippen LogP contribution in [0.3, 0.4) is 0 Å². The van der Waals surface area contributed by atoms with Crippen molar-refractivity contribution in [1.29, 1.82) is 0 Å². The highest BCUT2D eigenvalue weighted by molar-refractivity contribution is 7.91. The van der Waals surface area contributed by atoms with E-state index in [-0.39, 0.29) is 30.2 Å². The Balaban J connectivity index is 1.15. The van der Waals surface area contributed by atoms with Gasteiger partial charge in [-0.1, -0.05) is 65.8 Å². The molecule has 2 aromatic carbocycles. The first-order chi connectivity index (χ1) is 21.3. The largest absolute Gasteiger partial charge is 0.388 e. The predicted molar refractivity (Wildman–Crippen MR) is 164 cm³/mol. The SMILES string of the molecule is O=C1NCCCC/C=C\[C@H]2C[C@@]2(C(=O)NS(=O)(=O)C2CC2)NC(=O)[C@@H]2C[C@@H](ON=C3c4ccccc4-c4ccccc43)C=C12. The lowest BCUT2D eigenvalue weighted by Gasteiger charge is -2.22. The number of sulfonamides is 1. The van der Waals surface area contributed by atoms with E-state index in [0.29, 0.717) is 25.1 Å². The average Bonchev–Trinajstić information content (AvgIpc) is 3.92. The molecule has 0 saturated heterocycles. The maximum Gasteiger partial charge on any atom is 0.259 e. The summed E-state index contributed by atoms with van der Waals surface area (Å²) in [6.45, 7) is 0.467. The van der Waals surface area contributed by atoms with Crippen LogP contribution in [-0.2, 0) is 29.2 Å². The average molecular weight is 615 g/mol. The molecule has 2 aromatic rings. The zero-order valence-corrected chi connectivity index (χ0v) is 24.9. The summed E-state index contributed by atoms with van der Waals surface area (Å²) in [4.78, 5) is 46.5. The van der Waals surface area contributed by atoms with E-state index < -0.39 is 44.6 Å². The van der Waals surface area contributed by atoms with Crippen LogP contribution in [0.5, 0.6) is 0 Å². The Bertz CT molecular complexity index is 1700. The highest BCUT2D eigenvalue weighted by Crippen LogP contribution is 2.46. The van der Waals surface area contributed by atoms with Gasteiger partial charge in [-0.15, -0.1) is 0 Å². The quantitative estimate of drug-likeness (QED) is 0.298. The van der Waals surface area contributed by atoms with Crippen molar-refractivity contribution in [3.8, 4) is 11.1 Å². The van der Waals surface area contributed by atoms with Crippen molar-refractivity contribution >= 4 is 33.5 Å². The fourth-order valence-electron chi connectivity index (χ4n) is 6.43. The minimum Gasteiger partial charge on any atom is -0.388 e. The van der Waals surface area contributed by atoms with Gasteiger partial charge in [0.25, 0.3) is 5.91 Å². The number of nitrogens with one attached hydrogen (secondary N) is 3. The molecule has 4 atom stereocenters. The van der Waals surface area contributed by atoms with Gasteiger partial charge in [0.1, 0.15) is 17.4 Å². The van der Waals surface area contributed by atoms with Crippen molar-refractivity contribution in [2.24, 2.45) is 17.0 Å². The minimum atomic E-state index is -3.80. The number of allylic oxidation sites excluding steroid dienone is 1. The molecule has 7 rings (SSSR count). The van der Waals surface area contributed by atoms with Gasteiger partial charge in [0.15, 0.2) is 0 Å². The molecule has 228 valence electrons. The molecular weight excluding hydrogens is 580 g/mol. The highest BCUT2D eigenvalue weighted by Gasteiger charge is 2.61. The molecule has 0 spiro atoms. The van der Waals surface area contributed by atoms with Crippen molar-refractivity contribution < 1.29 is 27.6 Å². The van der Waals surface area contributed by atoms with Gasteiger partial charge in [-0.3, -0.25) is 19.1 Å². The molecule has 3 amide bonds. The topological polar surface area (TPSA) is 143 Å². The zero-order chi connectivity index (χ0) is 30.5. The maximum absolute atomic E-state index is 13.8. The number of carbonyl (C=O) groups excluding carboxylic acids is 3. The number of oxime groups is 1. The first-order valence-electron chi connectivity index (χ1n) is 15.2. The van der Waals surface area contributed by atoms with Crippen molar-refractivity contribution in [3.63, 3.8) is 0 Å². The summed E-state index contributed by atoms with van der Waals surface area (Å²) < 4.78 is 27.4. The van der Waals surface area contributed by atoms with E-state index in [0.717, 1.165) is 41.5 Å². The van der Waals surface area contributed by atoms with Crippen LogP contribution in [0.4, 0.5) is 0 Å². The van der Waals surface area contributed by atoms with Crippen LogP contribution in [0.25, 0.3) is 11.1 Å². The molecule has 10 nitrogen and oxygen atoms in total. The molecule has 3 N–H and O–H groups in total. The zero-order valence-electron chi connectivity index (χ0n) is 24.1. The van der Waals surface area contributed by atoms with Gasteiger partial charge in [-0.05, 0) is 55.7 Å². The van der Waals surface area contributed by atoms with Crippen molar-refractivity contribution in [1.82, 2.24) is 15.4 Å². The van der Waals surface area contributed by atoms with E-state index in [1.54, 1.807) is 6.08 Å². The van der Waals surface area contributed by atoms with Crippen LogP contribution < -0.4 is 15.4 Å². The molecular formula is C33H34N4O6S. The van der Waals surface area contributed by atoms with E-state index in [1.165, 1.54) is 0 Å². The normalized spacial score (nSPS) is 28.5. The monoisotopic (exact) mass is 614 g/mol. The second-order valence-corrected chi connectivity index (χ2v) is 14.2. The van der Waals surface area contributed by atoms with Gasteiger partial charge in [-0.2, -0.15) is 0 Å². The molecule has 0 bridgehead atoms. The van der Waals surface area contributed by atoms with E-state index in [9.17, 15) is 22.8 Å². The molecule has 0 radical (unpaired) electrons. The number of hydrogen-bond acceptors (Lipinski definition) is 7. The fraction of sp³-hybridized carbons (Fsp3) is 0.394. The predicted octanol–water partition coefficient (Wildman–Crippen LogP) is 3.09. The number of benzene rings is 2. The Morgan fingerprint density at radius 2 is 1.66 bits per heavy atom. The summed E-state index contributed by atoms with van der Waals surface area (Å²) >= 11 is 0. The number of amides is 3. The summed E-state index contributed by atoms with van der Waals surface area (Å²) in [6, 6.07) is 15.9. The number of rotatable bonds is 5. The standard InChI is InChI=1S/C33H34N4O6S/c38-30-27-17-21(43-36-29-25-12-6-4-10-23(25)24-11-5-7-13-26(24)29)18-28(27)31(39)35-33(32(40)37-44(41,42)22-14-15-22)19-20(33)9-3-1-2-8-16-34-30/h3-7,9-13,17,20-22,28H,1-2,8,14-16,18-19H2,(H,34,38)(H,35,39)(H,37,40)/b9-3-/t20-,21-,28+,33+/m0/s1. The van der Waals surface area contributed by atoms with E-state index >= 15 is 0 Å². The lowest BCUT2D eigenvalue weighted by atomic mass is 9.98. The Labute approximate surface area is 256 Å². The van der Waals surface area contributed by atoms with Gasteiger partial charge < -0.3 is 15.5 Å². The van der Waals surface area contributed by atoms with Crippen LogP contribution >= 0.6 is 0 Å². The molecule has 1 aliphatic heterocycles. The second kappa shape index (κ2) is 11.0. The molecule has 4 aliphatic carbocycles. The molecule has 0 unspecified atom stereocenters. The highest BCUT2D eigenvalue weighted by atomic mass is 32.2. The van der Waals surface area contributed by atoms with Gasteiger partial charge in [0, 0.05) is 35.6 Å². The molecule has 44 heavy (non-hydrogen) atoms. The maximum atomic E-state index is 13.8. The molecule has 11 heteroatoms. The number of carbonyl (C=O) groups is 3. The molecule has 2 saturated carbocycles. The number of fused-ring (bicyclic) bond motifs is 5. The Hall–Kier alpha value is -4.25. The summed E-state index contributed by atoms with van der Waals surface area (Å²) in [7, 11) is -3.80. The van der Waals surface area contributed by atoms with Crippen molar-refractivity contribution in [2.45, 2.75) is 61.8 Å². The second-order valence-electron chi connectivity index (χ2n) is 12.2. The Morgan fingerprint density at radius 1 is 0.977 bits per heavy atom. The van der Waals surface area contributed by atoms with Gasteiger partial charge in [0.05, 0.1) is 11.2 Å². The summed E-state index contributed by atoms with van der Waals surface area (Å²) in [5, 5.41) is 9.73. The van der Waals surface area contributed by atoms with Gasteiger partial charge in [-0.25, -0.2) is 8.42 Å². The minimum absolute atomic E-state index is 0.146. The molecule has 5 aliphatic rings. The Morgan fingerprint density at radius 3 is 2.34 bits per heavy atom. The molecule has 2 fully saturated rings. The third-order valence-corrected chi connectivity index (χ3v) is 11.0. The first kappa shape index (κ1) is 28.5.